The number of anilines is 1. The highest BCUT2D eigenvalue weighted by molar-refractivity contribution is 6.33. The lowest BCUT2D eigenvalue weighted by Gasteiger charge is -2.08. The molecule has 3 aromatic carbocycles. The quantitative estimate of drug-likeness (QED) is 0.381. The number of nitrogens with zero attached hydrogens (tertiary/aromatic N) is 1. The lowest BCUT2D eigenvalue weighted by molar-refractivity contribution is 0.0697. The number of aromatic nitrogens is 1. The Balaban J connectivity index is 1.61. The SMILES string of the molecule is O=C(O)c1ccc(NCc2cn(Cc3ccccc3Cl)c3ccccc23)cc1Cl. The second-order valence-corrected chi connectivity index (χ2v) is 7.56. The molecular formula is C23H18Cl2N2O2. The zero-order chi connectivity index (χ0) is 20.4. The molecule has 1 heterocycles. The monoisotopic (exact) mass is 424 g/mol. The van der Waals surface area contributed by atoms with Crippen molar-refractivity contribution in [2.75, 3.05) is 5.32 Å². The predicted octanol–water partition coefficient (Wildman–Crippen LogP) is 6.31. The number of hydrogen-bond acceptors (Lipinski definition) is 2. The van der Waals surface area contributed by atoms with Gasteiger partial charge in [0, 0.05) is 40.9 Å². The third-order valence-electron chi connectivity index (χ3n) is 4.85. The molecule has 6 heteroatoms. The van der Waals surface area contributed by atoms with E-state index in [1.54, 1.807) is 12.1 Å². The Morgan fingerprint density at radius 1 is 0.931 bits per heavy atom. The average Bonchev–Trinajstić information content (AvgIpc) is 3.06. The number of hydrogen-bond donors (Lipinski definition) is 2. The average molecular weight is 425 g/mol. The van der Waals surface area contributed by atoms with Crippen LogP contribution in [0.5, 0.6) is 0 Å². The highest BCUT2D eigenvalue weighted by Gasteiger charge is 2.11. The summed E-state index contributed by atoms with van der Waals surface area (Å²) in [4.78, 5) is 11.1. The number of benzene rings is 3. The fourth-order valence-electron chi connectivity index (χ4n) is 3.40. The Hall–Kier alpha value is -2.95. The van der Waals surface area contributed by atoms with E-state index in [9.17, 15) is 4.79 Å². The van der Waals surface area contributed by atoms with Gasteiger partial charge in [-0.1, -0.05) is 59.6 Å². The number of aromatic carboxylic acids is 1. The Kier molecular flexibility index (Phi) is 5.47. The maximum Gasteiger partial charge on any atom is 0.337 e. The number of nitrogens with one attached hydrogen (secondary N) is 1. The standard InChI is InChI=1S/C23H18Cl2N2O2/c24-20-7-3-1-5-15(20)13-27-14-16(18-6-2-4-8-22(18)27)12-26-17-9-10-19(23(28)29)21(25)11-17/h1-11,14,26H,12-13H2,(H,28,29). The molecule has 0 atom stereocenters. The van der Waals surface area contributed by atoms with Crippen molar-refractivity contribution in [3.05, 3.63) is 99.7 Å². The molecule has 0 bridgehead atoms. The molecule has 4 rings (SSSR count). The molecule has 0 radical (unpaired) electrons. The highest BCUT2D eigenvalue weighted by Crippen LogP contribution is 2.26. The van der Waals surface area contributed by atoms with Crippen molar-refractivity contribution in [1.82, 2.24) is 4.57 Å². The van der Waals surface area contributed by atoms with E-state index in [2.05, 4.69) is 28.2 Å². The van der Waals surface area contributed by atoms with E-state index in [1.165, 1.54) is 6.07 Å². The number of rotatable bonds is 6. The number of halogens is 2. The molecule has 29 heavy (non-hydrogen) atoms. The zero-order valence-electron chi connectivity index (χ0n) is 15.4. The first-order valence-electron chi connectivity index (χ1n) is 9.10. The van der Waals surface area contributed by atoms with E-state index >= 15 is 0 Å². The van der Waals surface area contributed by atoms with Crippen molar-refractivity contribution < 1.29 is 9.90 Å². The second kappa shape index (κ2) is 8.19. The van der Waals surface area contributed by atoms with Crippen LogP contribution in [0.15, 0.2) is 72.9 Å². The van der Waals surface area contributed by atoms with Gasteiger partial charge in [0.25, 0.3) is 0 Å². The normalized spacial score (nSPS) is 11.0. The minimum Gasteiger partial charge on any atom is -0.478 e. The van der Waals surface area contributed by atoms with E-state index in [0.29, 0.717) is 13.1 Å². The van der Waals surface area contributed by atoms with Gasteiger partial charge in [0.15, 0.2) is 0 Å². The van der Waals surface area contributed by atoms with Crippen LogP contribution in [0.4, 0.5) is 5.69 Å². The van der Waals surface area contributed by atoms with Crippen LogP contribution in [-0.2, 0) is 13.1 Å². The van der Waals surface area contributed by atoms with Crippen molar-refractivity contribution in [1.29, 1.82) is 0 Å². The van der Waals surface area contributed by atoms with E-state index in [1.807, 2.05) is 36.4 Å². The summed E-state index contributed by atoms with van der Waals surface area (Å²) in [6, 6.07) is 20.9. The van der Waals surface area contributed by atoms with Crippen LogP contribution in [0, 0.1) is 0 Å². The molecule has 2 N–H and O–H groups in total. The summed E-state index contributed by atoms with van der Waals surface area (Å²) in [6.45, 7) is 1.26. The van der Waals surface area contributed by atoms with Gasteiger partial charge >= 0.3 is 5.97 Å². The number of carboxylic acids is 1. The van der Waals surface area contributed by atoms with Crippen molar-refractivity contribution in [3.8, 4) is 0 Å². The molecule has 146 valence electrons. The summed E-state index contributed by atoms with van der Waals surface area (Å²) < 4.78 is 2.19. The molecule has 0 unspecified atom stereocenters. The highest BCUT2D eigenvalue weighted by atomic mass is 35.5. The van der Waals surface area contributed by atoms with Crippen LogP contribution in [0.2, 0.25) is 10.0 Å². The second-order valence-electron chi connectivity index (χ2n) is 6.74. The summed E-state index contributed by atoms with van der Waals surface area (Å²) in [6.07, 6.45) is 2.12. The lowest BCUT2D eigenvalue weighted by Crippen LogP contribution is -2.02. The first-order valence-corrected chi connectivity index (χ1v) is 9.85. The summed E-state index contributed by atoms with van der Waals surface area (Å²) in [7, 11) is 0. The minimum absolute atomic E-state index is 0.0913. The molecule has 0 aliphatic carbocycles. The fourth-order valence-corrected chi connectivity index (χ4v) is 3.86. The van der Waals surface area contributed by atoms with E-state index in [0.717, 1.165) is 32.7 Å². The maximum absolute atomic E-state index is 11.1. The van der Waals surface area contributed by atoms with Crippen LogP contribution in [-0.4, -0.2) is 15.6 Å². The largest absolute Gasteiger partial charge is 0.478 e. The smallest absolute Gasteiger partial charge is 0.337 e. The Morgan fingerprint density at radius 3 is 2.45 bits per heavy atom. The Bertz CT molecular complexity index is 1200. The number of carboxylic acid groups (broad SMARTS) is 1. The summed E-state index contributed by atoms with van der Waals surface area (Å²) >= 11 is 12.4. The summed E-state index contributed by atoms with van der Waals surface area (Å²) in [5.41, 5.74) is 4.18. The predicted molar refractivity (Wildman–Crippen MR) is 118 cm³/mol. The molecule has 0 spiro atoms. The van der Waals surface area contributed by atoms with Gasteiger partial charge in [0.1, 0.15) is 0 Å². The molecule has 4 aromatic rings. The van der Waals surface area contributed by atoms with Crippen LogP contribution in [0.3, 0.4) is 0 Å². The summed E-state index contributed by atoms with van der Waals surface area (Å²) in [5, 5.41) is 14.6. The van der Waals surface area contributed by atoms with Gasteiger partial charge in [-0.05, 0) is 41.5 Å². The molecule has 1 aromatic heterocycles. The third kappa shape index (κ3) is 4.09. The van der Waals surface area contributed by atoms with Crippen molar-refractivity contribution in [3.63, 3.8) is 0 Å². The summed E-state index contributed by atoms with van der Waals surface area (Å²) in [5.74, 6) is -1.04. The van der Waals surface area contributed by atoms with Crippen LogP contribution >= 0.6 is 23.2 Å². The van der Waals surface area contributed by atoms with Crippen molar-refractivity contribution in [2.24, 2.45) is 0 Å². The van der Waals surface area contributed by atoms with Gasteiger partial charge in [-0.3, -0.25) is 0 Å². The lowest BCUT2D eigenvalue weighted by atomic mass is 10.1. The molecule has 0 saturated heterocycles. The number of carbonyl (C=O) groups is 1. The number of fused-ring (bicyclic) bond motifs is 1. The van der Waals surface area contributed by atoms with Crippen molar-refractivity contribution in [2.45, 2.75) is 13.1 Å². The molecule has 0 aliphatic rings. The first-order chi connectivity index (χ1) is 14.0. The topological polar surface area (TPSA) is 54.3 Å². The van der Waals surface area contributed by atoms with Gasteiger partial charge < -0.3 is 15.0 Å². The maximum atomic E-state index is 11.1. The zero-order valence-corrected chi connectivity index (χ0v) is 16.9. The van der Waals surface area contributed by atoms with E-state index < -0.39 is 5.97 Å². The fraction of sp³-hybridized carbons (Fsp3) is 0.0870. The van der Waals surface area contributed by atoms with Gasteiger partial charge in [-0.25, -0.2) is 4.79 Å². The molecule has 0 saturated carbocycles. The van der Waals surface area contributed by atoms with Gasteiger partial charge in [0.2, 0.25) is 0 Å². The van der Waals surface area contributed by atoms with Crippen LogP contribution in [0.25, 0.3) is 10.9 Å². The van der Waals surface area contributed by atoms with Crippen LogP contribution in [0.1, 0.15) is 21.5 Å². The first kappa shape index (κ1) is 19.4. The Labute approximate surface area is 178 Å². The van der Waals surface area contributed by atoms with Gasteiger partial charge in [0.05, 0.1) is 10.6 Å². The molecule has 0 aliphatic heterocycles. The third-order valence-corrected chi connectivity index (χ3v) is 5.53. The molecule has 0 amide bonds. The van der Waals surface area contributed by atoms with Gasteiger partial charge in [-0.2, -0.15) is 0 Å². The van der Waals surface area contributed by atoms with Gasteiger partial charge in [-0.15, -0.1) is 0 Å². The van der Waals surface area contributed by atoms with Crippen molar-refractivity contribution >= 4 is 45.8 Å². The van der Waals surface area contributed by atoms with E-state index in [-0.39, 0.29) is 10.6 Å². The molecule has 0 fully saturated rings. The van der Waals surface area contributed by atoms with Crippen LogP contribution < -0.4 is 5.32 Å². The molecular weight excluding hydrogens is 407 g/mol. The Morgan fingerprint density at radius 2 is 1.69 bits per heavy atom. The minimum atomic E-state index is -1.04. The van der Waals surface area contributed by atoms with E-state index in [4.69, 9.17) is 28.3 Å². The molecule has 4 nitrogen and oxygen atoms in total. The number of para-hydroxylation sites is 1.